The van der Waals surface area contributed by atoms with Gasteiger partial charge in [-0.25, -0.2) is 0 Å². The quantitative estimate of drug-likeness (QED) is 0.638. The SMILES string of the molecule is CC(C)=C(C)c1c(C)c(C)c(C)c(C)c1P. The maximum absolute atomic E-state index is 2.92. The van der Waals surface area contributed by atoms with E-state index in [4.69, 9.17) is 0 Å². The molecule has 0 aliphatic rings. The fraction of sp³-hybridized carbons (Fsp3) is 0.467. The van der Waals surface area contributed by atoms with Crippen LogP contribution in [0.3, 0.4) is 0 Å². The lowest BCUT2D eigenvalue weighted by Gasteiger charge is -2.19. The van der Waals surface area contributed by atoms with Crippen LogP contribution in [0, 0.1) is 27.7 Å². The van der Waals surface area contributed by atoms with Gasteiger partial charge in [-0.3, -0.25) is 0 Å². The summed E-state index contributed by atoms with van der Waals surface area (Å²) in [5, 5.41) is 1.36. The first-order chi connectivity index (χ1) is 7.29. The van der Waals surface area contributed by atoms with Crippen LogP contribution in [0.25, 0.3) is 5.57 Å². The molecule has 0 N–H and O–H groups in total. The van der Waals surface area contributed by atoms with Crippen molar-refractivity contribution in [1.29, 1.82) is 0 Å². The predicted molar refractivity (Wildman–Crippen MR) is 78.7 cm³/mol. The molecule has 1 aromatic carbocycles. The number of rotatable bonds is 1. The van der Waals surface area contributed by atoms with E-state index in [2.05, 4.69) is 57.7 Å². The van der Waals surface area contributed by atoms with Crippen molar-refractivity contribution in [2.45, 2.75) is 48.5 Å². The maximum Gasteiger partial charge on any atom is -0.0121 e. The second kappa shape index (κ2) is 4.72. The van der Waals surface area contributed by atoms with Gasteiger partial charge in [0.1, 0.15) is 0 Å². The Bertz CT molecular complexity index is 432. The van der Waals surface area contributed by atoms with Crippen LogP contribution in [0.5, 0.6) is 0 Å². The van der Waals surface area contributed by atoms with E-state index in [9.17, 15) is 0 Å². The summed E-state index contributed by atoms with van der Waals surface area (Å²) in [6, 6.07) is 0. The molecule has 0 fully saturated rings. The highest BCUT2D eigenvalue weighted by Crippen LogP contribution is 2.28. The molecule has 0 saturated carbocycles. The Morgan fingerprint density at radius 1 is 0.750 bits per heavy atom. The molecule has 0 saturated heterocycles. The molecule has 1 heteroatoms. The summed E-state index contributed by atoms with van der Waals surface area (Å²) in [7, 11) is 2.92. The molecule has 0 heterocycles. The summed E-state index contributed by atoms with van der Waals surface area (Å²) in [6.07, 6.45) is 0. The van der Waals surface area contributed by atoms with Gasteiger partial charge in [0.15, 0.2) is 0 Å². The minimum absolute atomic E-state index is 1.36. The Morgan fingerprint density at radius 2 is 1.19 bits per heavy atom. The van der Waals surface area contributed by atoms with E-state index in [1.165, 1.54) is 44.3 Å². The highest BCUT2D eigenvalue weighted by Gasteiger charge is 2.13. The zero-order chi connectivity index (χ0) is 12.6. The van der Waals surface area contributed by atoms with Crippen LogP contribution in [0.4, 0.5) is 0 Å². The van der Waals surface area contributed by atoms with Crippen molar-refractivity contribution < 1.29 is 0 Å². The van der Waals surface area contributed by atoms with Crippen LogP contribution in [0.1, 0.15) is 48.6 Å². The van der Waals surface area contributed by atoms with E-state index in [-0.39, 0.29) is 0 Å². The lowest BCUT2D eigenvalue weighted by molar-refractivity contribution is 1.21. The molecule has 1 atom stereocenters. The first-order valence-corrected chi connectivity index (χ1v) is 6.37. The highest BCUT2D eigenvalue weighted by molar-refractivity contribution is 7.27. The van der Waals surface area contributed by atoms with Gasteiger partial charge in [-0.1, -0.05) is 5.57 Å². The van der Waals surface area contributed by atoms with Gasteiger partial charge in [0, 0.05) is 0 Å². The van der Waals surface area contributed by atoms with Crippen LogP contribution in [0.15, 0.2) is 5.57 Å². The smallest absolute Gasteiger partial charge is 0.0121 e. The molecule has 0 amide bonds. The van der Waals surface area contributed by atoms with Crippen molar-refractivity contribution >= 4 is 20.1 Å². The summed E-state index contributed by atoms with van der Waals surface area (Å²) in [6.45, 7) is 15.5. The maximum atomic E-state index is 2.92. The lowest BCUT2D eigenvalue weighted by Crippen LogP contribution is -2.12. The monoisotopic (exact) mass is 234 g/mol. The molecule has 88 valence electrons. The van der Waals surface area contributed by atoms with Gasteiger partial charge in [0.25, 0.3) is 0 Å². The van der Waals surface area contributed by atoms with E-state index < -0.39 is 0 Å². The third kappa shape index (κ3) is 2.09. The van der Waals surface area contributed by atoms with E-state index in [1.807, 2.05) is 0 Å². The second-order valence-corrected chi connectivity index (χ2v) is 5.49. The molecule has 0 spiro atoms. The summed E-state index contributed by atoms with van der Waals surface area (Å²) in [4.78, 5) is 0. The van der Waals surface area contributed by atoms with Crippen LogP contribution >= 0.6 is 9.24 Å². The highest BCUT2D eigenvalue weighted by atomic mass is 31.0. The van der Waals surface area contributed by atoms with E-state index in [0.717, 1.165) is 0 Å². The predicted octanol–water partition coefficient (Wildman–Crippen LogP) is 4.23. The number of hydrogen-bond acceptors (Lipinski definition) is 0. The molecule has 0 aliphatic carbocycles. The molecule has 0 bridgehead atoms. The molecule has 1 unspecified atom stereocenters. The van der Waals surface area contributed by atoms with Gasteiger partial charge in [-0.05, 0) is 87.2 Å². The minimum Gasteiger partial charge on any atom is -0.105 e. The molecular weight excluding hydrogens is 211 g/mol. The van der Waals surface area contributed by atoms with Crippen molar-refractivity contribution in [2.75, 3.05) is 0 Å². The van der Waals surface area contributed by atoms with E-state index in [0.29, 0.717) is 0 Å². The van der Waals surface area contributed by atoms with E-state index >= 15 is 0 Å². The molecule has 0 aromatic heterocycles. The molecular formula is C15H23P. The molecule has 1 aromatic rings. The number of allylic oxidation sites excluding steroid dienone is 2. The molecule has 0 aliphatic heterocycles. The van der Waals surface area contributed by atoms with Gasteiger partial charge in [0.05, 0.1) is 0 Å². The molecule has 0 nitrogen and oxygen atoms in total. The van der Waals surface area contributed by atoms with Gasteiger partial charge >= 0.3 is 0 Å². The zero-order valence-corrected chi connectivity index (χ0v) is 12.7. The molecule has 16 heavy (non-hydrogen) atoms. The van der Waals surface area contributed by atoms with Crippen molar-refractivity contribution in [2.24, 2.45) is 0 Å². The van der Waals surface area contributed by atoms with Gasteiger partial charge in [-0.2, -0.15) is 0 Å². The third-order valence-electron chi connectivity index (χ3n) is 3.86. The first kappa shape index (κ1) is 13.5. The van der Waals surface area contributed by atoms with E-state index in [1.54, 1.807) is 0 Å². The third-order valence-corrected chi connectivity index (χ3v) is 4.58. The van der Waals surface area contributed by atoms with Crippen molar-refractivity contribution in [1.82, 2.24) is 0 Å². The lowest BCUT2D eigenvalue weighted by atomic mass is 9.89. The Hall–Kier alpha value is -0.610. The second-order valence-electron chi connectivity index (χ2n) is 4.91. The van der Waals surface area contributed by atoms with Gasteiger partial charge < -0.3 is 0 Å². The standard InChI is InChI=1S/C15H23P/c1-8(2)9(3)14-12(6)10(4)11(5)13(7)15(14)16/h16H2,1-7H3. The average molecular weight is 234 g/mol. The summed E-state index contributed by atoms with van der Waals surface area (Å²) in [5.41, 5.74) is 9.91. The summed E-state index contributed by atoms with van der Waals surface area (Å²) in [5.74, 6) is 0. The fourth-order valence-electron chi connectivity index (χ4n) is 2.07. The van der Waals surface area contributed by atoms with Crippen LogP contribution < -0.4 is 5.30 Å². The van der Waals surface area contributed by atoms with Crippen molar-refractivity contribution in [3.05, 3.63) is 33.4 Å². The Balaban J connectivity index is 3.72. The first-order valence-electron chi connectivity index (χ1n) is 5.79. The van der Waals surface area contributed by atoms with Crippen molar-refractivity contribution in [3.8, 4) is 0 Å². The molecule has 0 radical (unpaired) electrons. The molecule has 1 rings (SSSR count). The summed E-state index contributed by atoms with van der Waals surface area (Å²) >= 11 is 0. The average Bonchev–Trinajstić information content (AvgIpc) is 2.23. The van der Waals surface area contributed by atoms with Gasteiger partial charge in [0.2, 0.25) is 0 Å². The largest absolute Gasteiger partial charge is 0.105 e. The Morgan fingerprint density at radius 3 is 1.62 bits per heavy atom. The van der Waals surface area contributed by atoms with Crippen LogP contribution in [0.2, 0.25) is 0 Å². The van der Waals surface area contributed by atoms with Crippen molar-refractivity contribution in [3.63, 3.8) is 0 Å². The topological polar surface area (TPSA) is 0 Å². The normalized spacial score (nSPS) is 10.5. The number of benzene rings is 1. The summed E-state index contributed by atoms with van der Waals surface area (Å²) < 4.78 is 0. The zero-order valence-electron chi connectivity index (χ0n) is 11.6. The minimum atomic E-state index is 1.36. The Kier molecular flexibility index (Phi) is 3.97. The fourth-order valence-corrected chi connectivity index (χ4v) is 2.72. The Labute approximate surface area is 102 Å². The van der Waals surface area contributed by atoms with Crippen LogP contribution in [-0.2, 0) is 0 Å². The number of hydrogen-bond donors (Lipinski definition) is 0. The van der Waals surface area contributed by atoms with Gasteiger partial charge in [-0.15, -0.1) is 9.24 Å². The van der Waals surface area contributed by atoms with Crippen LogP contribution in [-0.4, -0.2) is 0 Å².